The predicted octanol–water partition coefficient (Wildman–Crippen LogP) is 4.40. The van der Waals surface area contributed by atoms with Crippen LogP contribution in [0.25, 0.3) is 21.7 Å². The van der Waals surface area contributed by atoms with Crippen molar-refractivity contribution in [3.8, 4) is 6.07 Å². The van der Waals surface area contributed by atoms with Crippen LogP contribution < -0.4 is 5.32 Å². The largest absolute Gasteiger partial charge is 0.464 e. The number of hydrogen-bond donors (Lipinski definition) is 1. The van der Waals surface area contributed by atoms with Gasteiger partial charge >= 0.3 is 5.97 Å². The van der Waals surface area contributed by atoms with E-state index in [1.807, 2.05) is 36.4 Å². The lowest BCUT2D eigenvalue weighted by atomic mass is 9.83. The first kappa shape index (κ1) is 20.0. The fraction of sp³-hybridized carbons (Fsp3) is 0.375. The third-order valence-corrected chi connectivity index (χ3v) is 5.84. The van der Waals surface area contributed by atoms with E-state index < -0.39 is 23.5 Å². The summed E-state index contributed by atoms with van der Waals surface area (Å²) in [6.45, 7) is 1.53. The van der Waals surface area contributed by atoms with Crippen molar-refractivity contribution in [3.05, 3.63) is 48.2 Å². The van der Waals surface area contributed by atoms with Gasteiger partial charge in [-0.1, -0.05) is 49.6 Å². The number of benzene rings is 2. The second kappa shape index (κ2) is 8.19. The fourth-order valence-electron chi connectivity index (χ4n) is 4.21. The highest BCUT2D eigenvalue weighted by molar-refractivity contribution is 6.08. The van der Waals surface area contributed by atoms with E-state index in [2.05, 4.69) is 11.4 Å². The Morgan fingerprint density at radius 3 is 2.73 bits per heavy atom. The van der Waals surface area contributed by atoms with Crippen LogP contribution in [-0.2, 0) is 20.7 Å². The molecule has 6 nitrogen and oxygen atoms in total. The van der Waals surface area contributed by atoms with E-state index in [-0.39, 0.29) is 6.42 Å². The molecule has 30 heavy (non-hydrogen) atoms. The molecular formula is C24H24N2O4. The number of ether oxygens (including phenoxy) is 1. The summed E-state index contributed by atoms with van der Waals surface area (Å²) in [5.74, 6) is -0.947. The molecule has 1 heterocycles. The van der Waals surface area contributed by atoms with Crippen LogP contribution in [0.2, 0.25) is 0 Å². The van der Waals surface area contributed by atoms with E-state index in [1.54, 1.807) is 6.26 Å². The van der Waals surface area contributed by atoms with Gasteiger partial charge in [0.25, 0.3) is 5.91 Å². The van der Waals surface area contributed by atoms with Crippen LogP contribution in [0.1, 0.15) is 44.6 Å². The molecular weight excluding hydrogens is 380 g/mol. The maximum Gasteiger partial charge on any atom is 0.311 e. The molecule has 4 rings (SSSR count). The van der Waals surface area contributed by atoms with Gasteiger partial charge in [0, 0.05) is 10.9 Å². The standard InChI is InChI=1S/C24H24N2O4/c1-16(23(28)26-24(15-25)11-5-2-6-12-24)30-21(27)13-18-14-29-20-10-9-17-7-3-4-8-19(17)22(18)20/h3-4,7-10,14,16H,2,5-6,11-13H2,1H3,(H,26,28)/t16-/m1/s1. The van der Waals surface area contributed by atoms with Crippen LogP contribution in [0, 0.1) is 11.3 Å². The molecule has 2 aromatic carbocycles. The van der Waals surface area contributed by atoms with Crippen molar-refractivity contribution in [1.29, 1.82) is 5.26 Å². The van der Waals surface area contributed by atoms with Crippen molar-refractivity contribution < 1.29 is 18.7 Å². The van der Waals surface area contributed by atoms with Crippen LogP contribution in [0.5, 0.6) is 0 Å². The summed E-state index contributed by atoms with van der Waals surface area (Å²) in [6.07, 6.45) is 4.73. The van der Waals surface area contributed by atoms with E-state index in [4.69, 9.17) is 9.15 Å². The molecule has 3 aromatic rings. The van der Waals surface area contributed by atoms with Crippen molar-refractivity contribution in [1.82, 2.24) is 5.32 Å². The lowest BCUT2D eigenvalue weighted by molar-refractivity contribution is -0.154. The zero-order valence-electron chi connectivity index (χ0n) is 16.9. The summed E-state index contributed by atoms with van der Waals surface area (Å²) in [5.41, 5.74) is 0.575. The number of amides is 1. The molecule has 1 amide bonds. The molecule has 0 unspecified atom stereocenters. The Hall–Kier alpha value is -3.33. The predicted molar refractivity (Wildman–Crippen MR) is 113 cm³/mol. The van der Waals surface area contributed by atoms with Crippen molar-refractivity contribution in [2.45, 2.75) is 57.1 Å². The molecule has 1 saturated carbocycles. The van der Waals surface area contributed by atoms with Crippen LogP contribution in [0.3, 0.4) is 0 Å². The number of carbonyl (C=O) groups is 2. The van der Waals surface area contributed by atoms with Crippen molar-refractivity contribution >= 4 is 33.6 Å². The highest BCUT2D eigenvalue weighted by Gasteiger charge is 2.35. The topological polar surface area (TPSA) is 92.3 Å². The highest BCUT2D eigenvalue weighted by atomic mass is 16.5. The normalized spacial score (nSPS) is 16.7. The SMILES string of the molecule is C[C@@H](OC(=O)Cc1coc2ccc3ccccc3c12)C(=O)NC1(C#N)CCCCC1. The Balaban J connectivity index is 1.45. The summed E-state index contributed by atoms with van der Waals surface area (Å²) < 4.78 is 11.0. The van der Waals surface area contributed by atoms with Crippen LogP contribution >= 0.6 is 0 Å². The zero-order chi connectivity index (χ0) is 21.1. The molecule has 0 bridgehead atoms. The summed E-state index contributed by atoms with van der Waals surface area (Å²) >= 11 is 0. The lowest BCUT2D eigenvalue weighted by Gasteiger charge is -2.32. The number of rotatable bonds is 5. The molecule has 1 aliphatic rings. The Kier molecular flexibility index (Phi) is 5.45. The molecule has 0 spiro atoms. The first-order chi connectivity index (χ1) is 14.5. The molecule has 6 heteroatoms. The van der Waals surface area contributed by atoms with Gasteiger partial charge in [-0.2, -0.15) is 5.26 Å². The van der Waals surface area contributed by atoms with Gasteiger partial charge in [0.15, 0.2) is 6.10 Å². The van der Waals surface area contributed by atoms with Crippen LogP contribution in [0.4, 0.5) is 0 Å². The zero-order valence-corrected chi connectivity index (χ0v) is 16.9. The maximum atomic E-state index is 12.5. The van der Waals surface area contributed by atoms with Gasteiger partial charge in [-0.15, -0.1) is 0 Å². The minimum atomic E-state index is -0.973. The minimum absolute atomic E-state index is 0.00200. The van der Waals surface area contributed by atoms with E-state index >= 15 is 0 Å². The number of esters is 1. The second-order valence-corrected chi connectivity index (χ2v) is 7.97. The van der Waals surface area contributed by atoms with Crippen LogP contribution in [-0.4, -0.2) is 23.5 Å². The molecule has 1 fully saturated rings. The fourth-order valence-corrected chi connectivity index (χ4v) is 4.21. The molecule has 0 saturated heterocycles. The third-order valence-electron chi connectivity index (χ3n) is 5.84. The van der Waals surface area contributed by atoms with Gasteiger partial charge in [-0.3, -0.25) is 9.59 Å². The Morgan fingerprint density at radius 1 is 1.20 bits per heavy atom. The van der Waals surface area contributed by atoms with E-state index in [9.17, 15) is 14.9 Å². The van der Waals surface area contributed by atoms with Gasteiger partial charge in [-0.25, -0.2) is 0 Å². The van der Waals surface area contributed by atoms with E-state index in [1.165, 1.54) is 6.92 Å². The molecule has 1 aromatic heterocycles. The number of nitrogens with zero attached hydrogens (tertiary/aromatic N) is 1. The third kappa shape index (κ3) is 3.88. The molecule has 0 radical (unpaired) electrons. The number of nitrogens with one attached hydrogen (secondary N) is 1. The molecule has 1 aliphatic carbocycles. The van der Waals surface area contributed by atoms with Crippen molar-refractivity contribution in [2.75, 3.05) is 0 Å². The first-order valence-electron chi connectivity index (χ1n) is 10.3. The molecule has 1 atom stereocenters. The van der Waals surface area contributed by atoms with Gasteiger partial charge < -0.3 is 14.5 Å². The monoisotopic (exact) mass is 404 g/mol. The number of furan rings is 1. The quantitative estimate of drug-likeness (QED) is 0.636. The van der Waals surface area contributed by atoms with Crippen LogP contribution in [0.15, 0.2) is 47.1 Å². The van der Waals surface area contributed by atoms with E-state index in [0.29, 0.717) is 18.4 Å². The Morgan fingerprint density at radius 2 is 1.97 bits per heavy atom. The van der Waals surface area contributed by atoms with Gasteiger partial charge in [0.1, 0.15) is 11.1 Å². The molecule has 154 valence electrons. The second-order valence-electron chi connectivity index (χ2n) is 7.97. The van der Waals surface area contributed by atoms with Gasteiger partial charge in [-0.05, 0) is 36.6 Å². The first-order valence-corrected chi connectivity index (χ1v) is 10.3. The summed E-state index contributed by atoms with van der Waals surface area (Å²) in [5, 5.41) is 15.3. The average Bonchev–Trinajstić information content (AvgIpc) is 3.17. The summed E-state index contributed by atoms with van der Waals surface area (Å²) in [4.78, 5) is 25.1. The van der Waals surface area contributed by atoms with Crippen molar-refractivity contribution in [2.24, 2.45) is 0 Å². The smallest absolute Gasteiger partial charge is 0.311 e. The van der Waals surface area contributed by atoms with Crippen molar-refractivity contribution in [3.63, 3.8) is 0 Å². The number of carbonyl (C=O) groups excluding carboxylic acids is 2. The summed E-state index contributed by atoms with van der Waals surface area (Å²) in [6, 6.07) is 14.0. The highest BCUT2D eigenvalue weighted by Crippen LogP contribution is 2.30. The number of nitriles is 1. The Bertz CT molecular complexity index is 1140. The van der Waals surface area contributed by atoms with E-state index in [0.717, 1.165) is 41.0 Å². The lowest BCUT2D eigenvalue weighted by Crippen LogP contribution is -2.52. The summed E-state index contributed by atoms with van der Waals surface area (Å²) in [7, 11) is 0. The van der Waals surface area contributed by atoms with Gasteiger partial charge in [0.05, 0.1) is 18.8 Å². The number of hydrogen-bond acceptors (Lipinski definition) is 5. The Labute approximate surface area is 174 Å². The van der Waals surface area contributed by atoms with Gasteiger partial charge in [0.2, 0.25) is 0 Å². The number of fused-ring (bicyclic) bond motifs is 3. The minimum Gasteiger partial charge on any atom is -0.464 e. The average molecular weight is 404 g/mol. The maximum absolute atomic E-state index is 12.5. The molecule has 1 N–H and O–H groups in total. The molecule has 0 aliphatic heterocycles.